The third-order valence-corrected chi connectivity index (χ3v) is 4.83. The highest BCUT2D eigenvalue weighted by Crippen LogP contribution is 2.27. The first-order valence-electron chi connectivity index (χ1n) is 8.96. The average molecular weight is 358 g/mol. The molecule has 2 heterocycles. The lowest BCUT2D eigenvalue weighted by Crippen LogP contribution is -2.39. The molecule has 7 heteroatoms. The molecule has 0 bridgehead atoms. The standard InChI is InChI=1S/C19H26N4O3/c1-13-11-15(26-3)6-7-16(13)19(24)23-9-4-5-14(12-23)18-20-17(21-22-18)8-10-25-2/h6-7,11,14H,4-5,8-10,12H2,1-3H3,(H,20,21,22). The Kier molecular flexibility index (Phi) is 5.88. The number of benzene rings is 1. The topological polar surface area (TPSA) is 80.3 Å². The number of ether oxygens (including phenoxy) is 2. The molecule has 1 unspecified atom stereocenters. The fourth-order valence-electron chi connectivity index (χ4n) is 3.35. The van der Waals surface area contributed by atoms with E-state index in [1.165, 1.54) is 0 Å². The first kappa shape index (κ1) is 18.4. The maximum atomic E-state index is 13.0. The van der Waals surface area contributed by atoms with Gasteiger partial charge in [0.05, 0.1) is 13.7 Å². The summed E-state index contributed by atoms with van der Waals surface area (Å²) in [5.74, 6) is 2.61. The van der Waals surface area contributed by atoms with Gasteiger partial charge in [-0.25, -0.2) is 4.98 Å². The molecule has 1 atom stereocenters. The number of aromatic amines is 1. The largest absolute Gasteiger partial charge is 0.497 e. The molecule has 0 aliphatic carbocycles. The number of methoxy groups -OCH3 is 2. The Balaban J connectivity index is 1.70. The van der Waals surface area contributed by atoms with Gasteiger partial charge in [-0.15, -0.1) is 0 Å². The normalized spacial score (nSPS) is 17.3. The number of H-pyrrole nitrogens is 1. The van der Waals surface area contributed by atoms with Crippen LogP contribution in [-0.4, -0.2) is 59.9 Å². The minimum absolute atomic E-state index is 0.0602. The molecule has 1 fully saturated rings. The number of nitrogens with zero attached hydrogens (tertiary/aromatic N) is 3. The van der Waals surface area contributed by atoms with Gasteiger partial charge in [0.15, 0.2) is 5.82 Å². The van der Waals surface area contributed by atoms with Gasteiger partial charge in [-0.05, 0) is 43.5 Å². The number of carbonyl (C=O) groups is 1. The Morgan fingerprint density at radius 2 is 2.23 bits per heavy atom. The molecule has 2 aromatic rings. The Morgan fingerprint density at radius 3 is 2.96 bits per heavy atom. The molecule has 3 rings (SSSR count). The summed E-state index contributed by atoms with van der Waals surface area (Å²) in [5.41, 5.74) is 1.65. The SMILES string of the molecule is COCCc1nc(C2CCCN(C(=O)c3ccc(OC)cc3C)C2)n[nH]1. The maximum absolute atomic E-state index is 13.0. The molecule has 1 aromatic carbocycles. The molecule has 7 nitrogen and oxygen atoms in total. The van der Waals surface area contributed by atoms with E-state index in [4.69, 9.17) is 9.47 Å². The molecule has 1 aromatic heterocycles. The molecule has 1 N–H and O–H groups in total. The summed E-state index contributed by atoms with van der Waals surface area (Å²) in [5, 5.41) is 7.33. The molecular formula is C19H26N4O3. The van der Waals surface area contributed by atoms with Gasteiger partial charge in [-0.2, -0.15) is 5.10 Å². The summed E-state index contributed by atoms with van der Waals surface area (Å²) in [4.78, 5) is 19.5. The fraction of sp³-hybridized carbons (Fsp3) is 0.526. The second-order valence-corrected chi connectivity index (χ2v) is 6.65. The number of hydrogen-bond acceptors (Lipinski definition) is 5. The lowest BCUT2D eigenvalue weighted by molar-refractivity contribution is 0.0704. The summed E-state index contributed by atoms with van der Waals surface area (Å²) in [6.07, 6.45) is 2.66. The van der Waals surface area contributed by atoms with Gasteiger partial charge < -0.3 is 14.4 Å². The predicted molar refractivity (Wildman–Crippen MR) is 97.6 cm³/mol. The van der Waals surface area contributed by atoms with Crippen LogP contribution in [0.25, 0.3) is 0 Å². The van der Waals surface area contributed by atoms with Crippen molar-refractivity contribution in [1.29, 1.82) is 0 Å². The minimum atomic E-state index is 0.0602. The summed E-state index contributed by atoms with van der Waals surface area (Å²) in [6.45, 7) is 3.96. The molecule has 0 spiro atoms. The van der Waals surface area contributed by atoms with E-state index in [1.54, 1.807) is 14.2 Å². The zero-order valence-electron chi connectivity index (χ0n) is 15.6. The van der Waals surface area contributed by atoms with E-state index in [0.717, 1.165) is 47.9 Å². The number of hydrogen-bond donors (Lipinski definition) is 1. The second-order valence-electron chi connectivity index (χ2n) is 6.65. The van der Waals surface area contributed by atoms with Crippen LogP contribution < -0.4 is 4.74 Å². The zero-order valence-corrected chi connectivity index (χ0v) is 15.6. The second kappa shape index (κ2) is 8.31. The number of likely N-dealkylation sites (tertiary alicyclic amines) is 1. The van der Waals surface area contributed by atoms with Crippen LogP contribution in [0, 0.1) is 6.92 Å². The van der Waals surface area contributed by atoms with Gasteiger partial charge in [0.2, 0.25) is 0 Å². The molecule has 0 radical (unpaired) electrons. The van der Waals surface area contributed by atoms with Gasteiger partial charge in [-0.1, -0.05) is 0 Å². The van der Waals surface area contributed by atoms with Crippen LogP contribution in [0.4, 0.5) is 0 Å². The van der Waals surface area contributed by atoms with Gasteiger partial charge in [-0.3, -0.25) is 9.89 Å². The van der Waals surface area contributed by atoms with E-state index in [-0.39, 0.29) is 11.8 Å². The smallest absolute Gasteiger partial charge is 0.254 e. The van der Waals surface area contributed by atoms with Crippen molar-refractivity contribution in [2.45, 2.75) is 32.1 Å². The fourth-order valence-corrected chi connectivity index (χ4v) is 3.35. The van der Waals surface area contributed by atoms with Crippen LogP contribution in [-0.2, 0) is 11.2 Å². The molecule has 1 amide bonds. The zero-order chi connectivity index (χ0) is 18.5. The highest BCUT2D eigenvalue weighted by molar-refractivity contribution is 5.96. The Labute approximate surface area is 153 Å². The van der Waals surface area contributed by atoms with Crippen molar-refractivity contribution < 1.29 is 14.3 Å². The summed E-state index contributed by atoms with van der Waals surface area (Å²) in [6, 6.07) is 5.57. The molecule has 140 valence electrons. The monoisotopic (exact) mass is 358 g/mol. The van der Waals surface area contributed by atoms with Gasteiger partial charge >= 0.3 is 0 Å². The van der Waals surface area contributed by atoms with Crippen molar-refractivity contribution in [2.75, 3.05) is 33.9 Å². The Hall–Kier alpha value is -2.41. The summed E-state index contributed by atoms with van der Waals surface area (Å²) in [7, 11) is 3.30. The number of aryl methyl sites for hydroxylation is 1. The van der Waals surface area contributed by atoms with Crippen LogP contribution in [0.1, 0.15) is 46.3 Å². The van der Waals surface area contributed by atoms with Crippen LogP contribution in [0.15, 0.2) is 18.2 Å². The van der Waals surface area contributed by atoms with E-state index in [2.05, 4.69) is 15.2 Å². The first-order chi connectivity index (χ1) is 12.6. The van der Waals surface area contributed by atoms with Gasteiger partial charge in [0.25, 0.3) is 5.91 Å². The lowest BCUT2D eigenvalue weighted by atomic mass is 9.96. The molecule has 26 heavy (non-hydrogen) atoms. The number of amides is 1. The third kappa shape index (κ3) is 4.04. The minimum Gasteiger partial charge on any atom is -0.497 e. The van der Waals surface area contributed by atoms with Gasteiger partial charge in [0, 0.05) is 38.1 Å². The quantitative estimate of drug-likeness (QED) is 0.857. The lowest BCUT2D eigenvalue weighted by Gasteiger charge is -2.32. The van der Waals surface area contributed by atoms with E-state index in [1.807, 2.05) is 30.0 Å². The van der Waals surface area contributed by atoms with Crippen molar-refractivity contribution in [3.8, 4) is 5.75 Å². The van der Waals surface area contributed by atoms with Crippen molar-refractivity contribution >= 4 is 5.91 Å². The first-order valence-corrected chi connectivity index (χ1v) is 8.96. The Morgan fingerprint density at radius 1 is 1.38 bits per heavy atom. The number of rotatable bonds is 6. The number of aromatic nitrogens is 3. The number of piperidine rings is 1. The van der Waals surface area contributed by atoms with Crippen molar-refractivity contribution in [1.82, 2.24) is 20.1 Å². The van der Waals surface area contributed by atoms with Crippen LogP contribution in [0.5, 0.6) is 5.75 Å². The van der Waals surface area contributed by atoms with Crippen LogP contribution in [0.2, 0.25) is 0 Å². The van der Waals surface area contributed by atoms with E-state index >= 15 is 0 Å². The molecule has 1 aliphatic rings. The van der Waals surface area contributed by atoms with Crippen LogP contribution in [0.3, 0.4) is 0 Å². The van der Waals surface area contributed by atoms with E-state index < -0.39 is 0 Å². The van der Waals surface area contributed by atoms with Gasteiger partial charge in [0.1, 0.15) is 11.6 Å². The molecule has 1 saturated heterocycles. The Bertz CT molecular complexity index is 759. The molecular weight excluding hydrogens is 332 g/mol. The van der Waals surface area contributed by atoms with Crippen molar-refractivity contribution in [3.63, 3.8) is 0 Å². The predicted octanol–water partition coefficient (Wildman–Crippen LogP) is 2.33. The maximum Gasteiger partial charge on any atom is 0.254 e. The third-order valence-electron chi connectivity index (χ3n) is 4.83. The summed E-state index contributed by atoms with van der Waals surface area (Å²) >= 11 is 0. The highest BCUT2D eigenvalue weighted by atomic mass is 16.5. The van der Waals surface area contributed by atoms with Crippen molar-refractivity contribution in [2.24, 2.45) is 0 Å². The van der Waals surface area contributed by atoms with E-state index in [9.17, 15) is 4.79 Å². The molecule has 1 aliphatic heterocycles. The molecule has 0 saturated carbocycles. The average Bonchev–Trinajstić information content (AvgIpc) is 3.15. The number of nitrogens with one attached hydrogen (secondary N) is 1. The highest BCUT2D eigenvalue weighted by Gasteiger charge is 2.28. The van der Waals surface area contributed by atoms with Crippen LogP contribution >= 0.6 is 0 Å². The van der Waals surface area contributed by atoms with E-state index in [0.29, 0.717) is 19.6 Å². The van der Waals surface area contributed by atoms with Crippen molar-refractivity contribution in [3.05, 3.63) is 41.0 Å². The number of carbonyl (C=O) groups excluding carboxylic acids is 1. The summed E-state index contributed by atoms with van der Waals surface area (Å²) < 4.78 is 10.3.